The number of ether oxygens (including phenoxy) is 4. The summed E-state index contributed by atoms with van der Waals surface area (Å²) in [5.41, 5.74) is 2.45. The maximum atomic E-state index is 11.5. The number of hydrogen-bond donors (Lipinski definition) is 0. The van der Waals surface area contributed by atoms with E-state index in [1.807, 2.05) is 60.7 Å². The topological polar surface area (TPSA) is 70.1 Å². The van der Waals surface area contributed by atoms with E-state index >= 15 is 0 Å². The first kappa shape index (κ1) is 23.6. The summed E-state index contributed by atoms with van der Waals surface area (Å²) in [7, 11) is 1.35. The predicted octanol–water partition coefficient (Wildman–Crippen LogP) is 4.51. The Morgan fingerprint density at radius 2 is 1.71 bits per heavy atom. The molecule has 1 aromatic heterocycles. The highest BCUT2D eigenvalue weighted by Crippen LogP contribution is 2.22. The molecule has 0 atom stereocenters. The van der Waals surface area contributed by atoms with Crippen LogP contribution < -0.4 is 14.4 Å². The quantitative estimate of drug-likeness (QED) is 0.324. The van der Waals surface area contributed by atoms with Crippen molar-refractivity contribution in [3.8, 4) is 11.5 Å². The Kier molecular flexibility index (Phi) is 8.35. The Morgan fingerprint density at radius 3 is 2.41 bits per heavy atom. The number of piperidine rings is 1. The normalized spacial score (nSPS) is 14.0. The highest BCUT2D eigenvalue weighted by atomic mass is 16.5. The molecule has 0 N–H and O–H groups in total. The highest BCUT2D eigenvalue weighted by molar-refractivity contribution is 5.87. The van der Waals surface area contributed by atoms with Crippen molar-refractivity contribution >= 4 is 11.7 Å². The number of anilines is 1. The monoisotopic (exact) mass is 462 g/mol. The Labute approximate surface area is 200 Å². The van der Waals surface area contributed by atoms with Crippen LogP contribution in [-0.4, -0.2) is 50.5 Å². The molecule has 1 fully saturated rings. The smallest absolute Gasteiger partial charge is 0.356 e. The number of esters is 1. The van der Waals surface area contributed by atoms with Crippen molar-refractivity contribution in [2.24, 2.45) is 0 Å². The van der Waals surface area contributed by atoms with Crippen molar-refractivity contribution in [3.05, 3.63) is 84.2 Å². The van der Waals surface area contributed by atoms with Gasteiger partial charge in [-0.1, -0.05) is 36.4 Å². The van der Waals surface area contributed by atoms with E-state index in [-0.39, 0.29) is 6.10 Å². The van der Waals surface area contributed by atoms with Crippen LogP contribution in [0.25, 0.3) is 0 Å². The number of rotatable bonds is 10. The molecule has 0 amide bonds. The van der Waals surface area contributed by atoms with Gasteiger partial charge in [0, 0.05) is 19.2 Å². The van der Waals surface area contributed by atoms with Crippen LogP contribution in [-0.2, 0) is 16.1 Å². The predicted molar refractivity (Wildman–Crippen MR) is 129 cm³/mol. The van der Waals surface area contributed by atoms with Gasteiger partial charge in [-0.05, 0) is 42.7 Å². The summed E-state index contributed by atoms with van der Waals surface area (Å²) in [6.07, 6.45) is 3.80. The first-order chi connectivity index (χ1) is 16.7. The van der Waals surface area contributed by atoms with E-state index in [4.69, 9.17) is 18.9 Å². The second kappa shape index (κ2) is 12.0. The molecule has 1 saturated heterocycles. The van der Waals surface area contributed by atoms with Crippen molar-refractivity contribution in [3.63, 3.8) is 0 Å². The molecule has 2 heterocycles. The summed E-state index contributed by atoms with van der Waals surface area (Å²) in [5, 5.41) is 0. The van der Waals surface area contributed by atoms with Crippen molar-refractivity contribution in [2.75, 3.05) is 38.3 Å². The standard InChI is InChI=1S/C27H30N2O5/c1-31-27(30)26-11-10-22(19-28-26)29-14-12-23(13-15-29)32-16-17-33-24-8-5-9-25(18-24)34-20-21-6-3-2-4-7-21/h2-11,18-19,23H,12-17,20H2,1H3. The van der Waals surface area contributed by atoms with Gasteiger partial charge in [-0.25, -0.2) is 9.78 Å². The molecule has 1 aliphatic heterocycles. The maximum Gasteiger partial charge on any atom is 0.356 e. The fourth-order valence-electron chi connectivity index (χ4n) is 3.85. The van der Waals surface area contributed by atoms with Gasteiger partial charge in [0.15, 0.2) is 0 Å². The van der Waals surface area contributed by atoms with Gasteiger partial charge in [-0.15, -0.1) is 0 Å². The van der Waals surface area contributed by atoms with E-state index in [0.717, 1.165) is 48.7 Å². The lowest BCUT2D eigenvalue weighted by molar-refractivity contribution is 0.0202. The fraction of sp³-hybridized carbons (Fsp3) is 0.333. The van der Waals surface area contributed by atoms with Crippen LogP contribution in [0.1, 0.15) is 28.9 Å². The molecule has 3 aromatic rings. The van der Waals surface area contributed by atoms with Crippen LogP contribution in [0.15, 0.2) is 72.9 Å². The van der Waals surface area contributed by atoms with Gasteiger partial charge in [0.2, 0.25) is 0 Å². The van der Waals surface area contributed by atoms with Crippen LogP contribution in [0.2, 0.25) is 0 Å². The van der Waals surface area contributed by atoms with Gasteiger partial charge >= 0.3 is 5.97 Å². The van der Waals surface area contributed by atoms with Crippen molar-refractivity contribution < 1.29 is 23.7 Å². The summed E-state index contributed by atoms with van der Waals surface area (Å²) in [6.45, 7) is 3.31. The minimum atomic E-state index is -0.424. The minimum absolute atomic E-state index is 0.211. The minimum Gasteiger partial charge on any atom is -0.491 e. The van der Waals surface area contributed by atoms with Crippen molar-refractivity contribution in [1.82, 2.24) is 4.98 Å². The van der Waals surface area contributed by atoms with Crippen molar-refractivity contribution in [2.45, 2.75) is 25.6 Å². The number of pyridine rings is 1. The largest absolute Gasteiger partial charge is 0.491 e. The number of nitrogens with zero attached hydrogens (tertiary/aromatic N) is 2. The molecule has 1 aliphatic rings. The van der Waals surface area contributed by atoms with E-state index in [1.165, 1.54) is 7.11 Å². The number of carbonyl (C=O) groups excluding carboxylic acids is 1. The lowest BCUT2D eigenvalue weighted by atomic mass is 10.1. The summed E-state index contributed by atoms with van der Waals surface area (Å²) >= 11 is 0. The number of carbonyl (C=O) groups is 1. The molecule has 34 heavy (non-hydrogen) atoms. The molecule has 178 valence electrons. The molecule has 7 heteroatoms. The Bertz CT molecular complexity index is 1030. The van der Waals surface area contributed by atoms with Gasteiger partial charge in [-0.2, -0.15) is 0 Å². The summed E-state index contributed by atoms with van der Waals surface area (Å²) in [6, 6.07) is 21.4. The first-order valence-corrected chi connectivity index (χ1v) is 11.5. The Balaban J connectivity index is 1.15. The van der Waals surface area contributed by atoms with Gasteiger partial charge in [0.25, 0.3) is 0 Å². The highest BCUT2D eigenvalue weighted by Gasteiger charge is 2.20. The third-order valence-corrected chi connectivity index (χ3v) is 5.71. The summed E-state index contributed by atoms with van der Waals surface area (Å²) < 4.78 is 22.4. The molecule has 0 saturated carbocycles. The van der Waals surface area contributed by atoms with Crippen molar-refractivity contribution in [1.29, 1.82) is 0 Å². The van der Waals surface area contributed by atoms with E-state index in [9.17, 15) is 4.79 Å². The van der Waals surface area contributed by atoms with Crippen LogP contribution in [0.4, 0.5) is 5.69 Å². The lowest BCUT2D eigenvalue weighted by Crippen LogP contribution is -2.37. The first-order valence-electron chi connectivity index (χ1n) is 11.5. The Morgan fingerprint density at radius 1 is 0.941 bits per heavy atom. The Hall–Kier alpha value is -3.58. The molecule has 0 aliphatic carbocycles. The number of benzene rings is 2. The number of hydrogen-bond acceptors (Lipinski definition) is 7. The zero-order valence-electron chi connectivity index (χ0n) is 19.4. The van der Waals surface area contributed by atoms with Crippen LogP contribution >= 0.6 is 0 Å². The number of aromatic nitrogens is 1. The van der Waals surface area contributed by atoms with E-state index < -0.39 is 5.97 Å². The SMILES string of the molecule is COC(=O)c1ccc(N2CCC(OCCOc3cccc(OCc4ccccc4)c3)CC2)cn1. The molecular formula is C27H30N2O5. The molecule has 0 spiro atoms. The van der Waals surface area contributed by atoms with Gasteiger partial charge in [0.05, 0.1) is 31.7 Å². The molecule has 4 rings (SSSR count). The second-order valence-electron chi connectivity index (χ2n) is 8.05. The lowest BCUT2D eigenvalue weighted by Gasteiger charge is -2.33. The van der Waals surface area contributed by atoms with E-state index in [1.54, 1.807) is 12.3 Å². The van der Waals surface area contributed by atoms with Crippen LogP contribution in [0, 0.1) is 0 Å². The summed E-state index contributed by atoms with van der Waals surface area (Å²) in [4.78, 5) is 18.0. The fourth-order valence-corrected chi connectivity index (χ4v) is 3.85. The number of methoxy groups -OCH3 is 1. The maximum absolute atomic E-state index is 11.5. The zero-order chi connectivity index (χ0) is 23.6. The van der Waals surface area contributed by atoms with Crippen LogP contribution in [0.3, 0.4) is 0 Å². The molecular weight excluding hydrogens is 432 g/mol. The zero-order valence-corrected chi connectivity index (χ0v) is 19.4. The molecule has 2 aromatic carbocycles. The van der Waals surface area contributed by atoms with E-state index in [0.29, 0.717) is 25.5 Å². The third-order valence-electron chi connectivity index (χ3n) is 5.71. The average molecular weight is 463 g/mol. The van der Waals surface area contributed by atoms with Gasteiger partial charge < -0.3 is 23.8 Å². The average Bonchev–Trinajstić information content (AvgIpc) is 2.91. The van der Waals surface area contributed by atoms with Gasteiger partial charge in [-0.3, -0.25) is 0 Å². The van der Waals surface area contributed by atoms with Crippen LogP contribution in [0.5, 0.6) is 11.5 Å². The second-order valence-corrected chi connectivity index (χ2v) is 8.05. The third kappa shape index (κ3) is 6.71. The molecule has 0 unspecified atom stereocenters. The summed E-state index contributed by atoms with van der Waals surface area (Å²) in [5.74, 6) is 1.13. The molecule has 0 radical (unpaired) electrons. The van der Waals surface area contributed by atoms with E-state index in [2.05, 4.69) is 9.88 Å². The molecule has 7 nitrogen and oxygen atoms in total. The van der Waals surface area contributed by atoms with Gasteiger partial charge in [0.1, 0.15) is 30.4 Å². The molecule has 0 bridgehead atoms.